The number of anilines is 3. The van der Waals surface area contributed by atoms with E-state index in [4.69, 9.17) is 4.74 Å². The number of rotatable bonds is 5. The Labute approximate surface area is 200 Å². The summed E-state index contributed by atoms with van der Waals surface area (Å²) in [5, 5.41) is 30.8. The number of aryl methyl sites for hydroxylation is 5. The molecule has 0 radical (unpaired) electrons. The Hall–Kier alpha value is -4.12. The first-order chi connectivity index (χ1) is 16.2. The Morgan fingerprint density at radius 3 is 1.68 bits per heavy atom. The fourth-order valence-electron chi connectivity index (χ4n) is 4.03. The number of nitrogens with zero attached hydrogens (tertiary/aromatic N) is 1. The Kier molecular flexibility index (Phi) is 6.12. The van der Waals surface area contributed by atoms with Crippen LogP contribution in [0.4, 0.5) is 17.1 Å². The molecule has 0 saturated heterocycles. The zero-order valence-corrected chi connectivity index (χ0v) is 20.0. The van der Waals surface area contributed by atoms with E-state index < -0.39 is 0 Å². The summed E-state index contributed by atoms with van der Waals surface area (Å²) >= 11 is 0. The van der Waals surface area contributed by atoms with E-state index in [-0.39, 0.29) is 17.2 Å². The molecule has 5 heteroatoms. The maximum atomic E-state index is 10.3. The van der Waals surface area contributed by atoms with Crippen LogP contribution in [-0.2, 0) is 0 Å². The average molecular weight is 456 g/mol. The Morgan fingerprint density at radius 1 is 0.559 bits per heavy atom. The molecule has 0 spiro atoms. The van der Waals surface area contributed by atoms with Gasteiger partial charge in [0.2, 0.25) is 0 Å². The van der Waals surface area contributed by atoms with Gasteiger partial charge in [-0.15, -0.1) is 0 Å². The van der Waals surface area contributed by atoms with E-state index in [1.54, 1.807) is 24.3 Å². The Bertz CT molecular complexity index is 1300. The highest BCUT2D eigenvalue weighted by atomic mass is 16.5. The molecule has 0 bridgehead atoms. The van der Waals surface area contributed by atoms with Crippen molar-refractivity contribution in [3.8, 4) is 28.7 Å². The van der Waals surface area contributed by atoms with Gasteiger partial charge in [-0.1, -0.05) is 18.2 Å². The van der Waals surface area contributed by atoms with Gasteiger partial charge in [-0.3, -0.25) is 0 Å². The lowest BCUT2D eigenvalue weighted by atomic mass is 10.0. The van der Waals surface area contributed by atoms with Crippen LogP contribution in [0.3, 0.4) is 0 Å². The van der Waals surface area contributed by atoms with Crippen molar-refractivity contribution in [2.24, 2.45) is 0 Å². The van der Waals surface area contributed by atoms with Crippen LogP contribution < -0.4 is 9.64 Å². The third-order valence-electron chi connectivity index (χ3n) is 6.00. The fourth-order valence-corrected chi connectivity index (χ4v) is 4.03. The van der Waals surface area contributed by atoms with E-state index in [0.29, 0.717) is 11.5 Å². The molecule has 3 N–H and O–H groups in total. The molecule has 34 heavy (non-hydrogen) atoms. The van der Waals surface area contributed by atoms with Gasteiger partial charge < -0.3 is 25.0 Å². The summed E-state index contributed by atoms with van der Waals surface area (Å²) in [6.07, 6.45) is 0. The SMILES string of the molecule is Cc1cc(N(c2cccc(Oc3c(C)cccc3O)c2)c2cc(C)c(O)cc2C)c(C)cc1O. The summed E-state index contributed by atoms with van der Waals surface area (Å²) in [5.41, 5.74) is 6.79. The first kappa shape index (κ1) is 23.1. The monoisotopic (exact) mass is 455 g/mol. The highest BCUT2D eigenvalue weighted by molar-refractivity contribution is 5.82. The van der Waals surface area contributed by atoms with Crippen molar-refractivity contribution in [1.29, 1.82) is 0 Å². The molecule has 0 unspecified atom stereocenters. The molecule has 0 aromatic heterocycles. The summed E-state index contributed by atoms with van der Waals surface area (Å²) in [4.78, 5) is 2.09. The van der Waals surface area contributed by atoms with E-state index in [2.05, 4.69) is 4.90 Å². The van der Waals surface area contributed by atoms with Gasteiger partial charge >= 0.3 is 0 Å². The van der Waals surface area contributed by atoms with E-state index in [0.717, 1.165) is 44.9 Å². The number of aromatic hydroxyl groups is 3. The number of phenolic OH excluding ortho intramolecular Hbond substituents is 3. The quantitative estimate of drug-likeness (QED) is 0.289. The number of benzene rings is 4. The zero-order chi connectivity index (χ0) is 24.6. The maximum Gasteiger partial charge on any atom is 0.171 e. The number of hydrogen-bond donors (Lipinski definition) is 3. The molecule has 0 saturated carbocycles. The molecule has 174 valence electrons. The van der Waals surface area contributed by atoms with Gasteiger partial charge in [0.1, 0.15) is 17.2 Å². The highest BCUT2D eigenvalue weighted by Crippen LogP contribution is 2.43. The number of para-hydroxylation sites is 1. The second-order valence-corrected chi connectivity index (χ2v) is 8.71. The van der Waals surface area contributed by atoms with E-state index in [1.165, 1.54) is 0 Å². The summed E-state index contributed by atoms with van der Waals surface area (Å²) in [6.45, 7) is 9.53. The molecule has 5 nitrogen and oxygen atoms in total. The number of phenols is 3. The summed E-state index contributed by atoms with van der Waals surface area (Å²) in [5.74, 6) is 1.56. The first-order valence-corrected chi connectivity index (χ1v) is 11.1. The number of hydrogen-bond acceptors (Lipinski definition) is 5. The van der Waals surface area contributed by atoms with Crippen molar-refractivity contribution >= 4 is 17.1 Å². The van der Waals surface area contributed by atoms with Crippen molar-refractivity contribution in [3.05, 3.63) is 94.5 Å². The van der Waals surface area contributed by atoms with Crippen molar-refractivity contribution < 1.29 is 20.1 Å². The first-order valence-electron chi connectivity index (χ1n) is 11.1. The van der Waals surface area contributed by atoms with Crippen LogP contribution in [-0.4, -0.2) is 15.3 Å². The van der Waals surface area contributed by atoms with Gasteiger partial charge in [-0.05, 0) is 105 Å². The Balaban J connectivity index is 1.89. The van der Waals surface area contributed by atoms with Crippen LogP contribution in [0.2, 0.25) is 0 Å². The second kappa shape index (κ2) is 9.02. The molecule has 0 aliphatic rings. The minimum absolute atomic E-state index is 0.0808. The molecule has 0 atom stereocenters. The lowest BCUT2D eigenvalue weighted by molar-refractivity contribution is 0.409. The third kappa shape index (κ3) is 4.37. The zero-order valence-electron chi connectivity index (χ0n) is 20.0. The molecular weight excluding hydrogens is 426 g/mol. The third-order valence-corrected chi connectivity index (χ3v) is 6.00. The highest BCUT2D eigenvalue weighted by Gasteiger charge is 2.20. The lowest BCUT2D eigenvalue weighted by Crippen LogP contribution is -2.13. The molecule has 0 heterocycles. The van der Waals surface area contributed by atoms with Gasteiger partial charge in [-0.25, -0.2) is 0 Å². The van der Waals surface area contributed by atoms with Gasteiger partial charge in [0.15, 0.2) is 11.5 Å². The van der Waals surface area contributed by atoms with Crippen LogP contribution in [0.25, 0.3) is 0 Å². The minimum Gasteiger partial charge on any atom is -0.508 e. The van der Waals surface area contributed by atoms with Gasteiger partial charge in [0.05, 0.1) is 0 Å². The minimum atomic E-state index is 0.0808. The normalized spacial score (nSPS) is 10.9. The van der Waals surface area contributed by atoms with Gasteiger partial charge in [-0.2, -0.15) is 0 Å². The van der Waals surface area contributed by atoms with Crippen LogP contribution in [0.15, 0.2) is 66.7 Å². The van der Waals surface area contributed by atoms with Crippen molar-refractivity contribution in [2.75, 3.05) is 4.90 Å². The fraction of sp³-hybridized carbons (Fsp3) is 0.172. The second-order valence-electron chi connectivity index (χ2n) is 8.71. The van der Waals surface area contributed by atoms with Crippen LogP contribution in [0.5, 0.6) is 28.7 Å². The lowest BCUT2D eigenvalue weighted by Gasteiger charge is -2.30. The van der Waals surface area contributed by atoms with Crippen LogP contribution in [0.1, 0.15) is 27.8 Å². The summed E-state index contributed by atoms with van der Waals surface area (Å²) in [7, 11) is 0. The average Bonchev–Trinajstić information content (AvgIpc) is 2.78. The van der Waals surface area contributed by atoms with Crippen molar-refractivity contribution in [1.82, 2.24) is 0 Å². The summed E-state index contributed by atoms with van der Waals surface area (Å²) < 4.78 is 6.09. The van der Waals surface area contributed by atoms with Crippen LogP contribution >= 0.6 is 0 Å². The van der Waals surface area contributed by atoms with Gasteiger partial charge in [0.25, 0.3) is 0 Å². The van der Waals surface area contributed by atoms with Crippen LogP contribution in [0, 0.1) is 34.6 Å². The molecular formula is C29H29NO4. The summed E-state index contributed by atoms with van der Waals surface area (Å²) in [6, 6.07) is 20.3. The van der Waals surface area contributed by atoms with E-state index >= 15 is 0 Å². The molecule has 0 fully saturated rings. The maximum absolute atomic E-state index is 10.3. The van der Waals surface area contributed by atoms with Crippen molar-refractivity contribution in [2.45, 2.75) is 34.6 Å². The molecule has 0 amide bonds. The molecule has 4 aromatic carbocycles. The molecule has 0 aliphatic heterocycles. The van der Waals surface area contributed by atoms with Crippen molar-refractivity contribution in [3.63, 3.8) is 0 Å². The topological polar surface area (TPSA) is 73.2 Å². The van der Waals surface area contributed by atoms with Gasteiger partial charge in [0, 0.05) is 23.1 Å². The number of ether oxygens (including phenoxy) is 1. The predicted molar refractivity (Wildman–Crippen MR) is 136 cm³/mol. The van der Waals surface area contributed by atoms with E-state index in [1.807, 2.05) is 77.1 Å². The molecule has 4 aromatic rings. The molecule has 4 rings (SSSR count). The smallest absolute Gasteiger partial charge is 0.171 e. The largest absolute Gasteiger partial charge is 0.508 e. The predicted octanol–water partition coefficient (Wildman–Crippen LogP) is 7.61. The molecule has 0 aliphatic carbocycles. The standard InChI is InChI=1S/C29H29NO4/c1-17-8-6-11-26(31)29(17)34-23-10-7-9-22(16-23)30(24-12-20(4)27(32)14-18(24)2)25-13-21(5)28(33)15-19(25)3/h6-16,31-33H,1-5H3. The Morgan fingerprint density at radius 2 is 1.12 bits per heavy atom. The van der Waals surface area contributed by atoms with E-state index in [9.17, 15) is 15.3 Å².